The van der Waals surface area contributed by atoms with Gasteiger partial charge in [-0.15, -0.1) is 5.10 Å². The summed E-state index contributed by atoms with van der Waals surface area (Å²) in [5, 5.41) is 6.63. The topological polar surface area (TPSA) is 96.0 Å². The molecular weight excluding hydrogens is 268 g/mol. The second-order valence-electron chi connectivity index (χ2n) is 5.00. The van der Waals surface area contributed by atoms with Gasteiger partial charge in [-0.2, -0.15) is 0 Å². The minimum Gasteiger partial charge on any atom is -0.335 e. The SMILES string of the molecule is CC(C)c1nc(C(=O)N2CCCS(=O)(=O)CC2)n[nH]1. The zero-order chi connectivity index (χ0) is 14.0. The quantitative estimate of drug-likeness (QED) is 0.837. The molecule has 0 saturated carbocycles. The van der Waals surface area contributed by atoms with E-state index in [0.717, 1.165) is 0 Å². The molecule has 0 atom stereocenters. The first kappa shape index (κ1) is 14.0. The van der Waals surface area contributed by atoms with Crippen LogP contribution in [-0.4, -0.2) is 59.0 Å². The van der Waals surface area contributed by atoms with Gasteiger partial charge in [0.2, 0.25) is 5.82 Å². The number of nitrogens with zero attached hydrogens (tertiary/aromatic N) is 3. The van der Waals surface area contributed by atoms with Gasteiger partial charge in [-0.25, -0.2) is 13.4 Å². The van der Waals surface area contributed by atoms with E-state index in [0.29, 0.717) is 18.8 Å². The van der Waals surface area contributed by atoms with Crippen LogP contribution < -0.4 is 0 Å². The maximum absolute atomic E-state index is 12.2. The van der Waals surface area contributed by atoms with Crippen molar-refractivity contribution in [3.63, 3.8) is 0 Å². The molecule has 1 saturated heterocycles. The van der Waals surface area contributed by atoms with Crippen LogP contribution in [0.4, 0.5) is 0 Å². The van der Waals surface area contributed by atoms with Crippen LogP contribution in [0.1, 0.15) is 42.6 Å². The van der Waals surface area contributed by atoms with E-state index < -0.39 is 9.84 Å². The van der Waals surface area contributed by atoms with Crippen LogP contribution in [-0.2, 0) is 9.84 Å². The van der Waals surface area contributed by atoms with Gasteiger partial charge in [0.05, 0.1) is 11.5 Å². The predicted octanol–water partition coefficient (Wildman–Crippen LogP) is 0.189. The maximum Gasteiger partial charge on any atom is 0.293 e. The number of amides is 1. The number of carbonyl (C=O) groups is 1. The van der Waals surface area contributed by atoms with Gasteiger partial charge in [-0.05, 0) is 6.42 Å². The highest BCUT2D eigenvalue weighted by Crippen LogP contribution is 2.11. The van der Waals surface area contributed by atoms with E-state index >= 15 is 0 Å². The van der Waals surface area contributed by atoms with Gasteiger partial charge >= 0.3 is 0 Å². The molecule has 7 nitrogen and oxygen atoms in total. The van der Waals surface area contributed by atoms with E-state index in [-0.39, 0.29) is 35.7 Å². The zero-order valence-corrected chi connectivity index (χ0v) is 11.9. The third-order valence-electron chi connectivity index (χ3n) is 3.08. The monoisotopic (exact) mass is 286 g/mol. The van der Waals surface area contributed by atoms with Crippen molar-refractivity contribution in [2.45, 2.75) is 26.2 Å². The summed E-state index contributed by atoms with van der Waals surface area (Å²) in [5.41, 5.74) is 0. The van der Waals surface area contributed by atoms with Crippen LogP contribution in [0.5, 0.6) is 0 Å². The fourth-order valence-corrected chi connectivity index (χ4v) is 3.18. The summed E-state index contributed by atoms with van der Waals surface area (Å²) in [4.78, 5) is 17.8. The molecule has 1 N–H and O–H groups in total. The van der Waals surface area contributed by atoms with Gasteiger partial charge in [0.1, 0.15) is 5.82 Å². The minimum atomic E-state index is -3.02. The van der Waals surface area contributed by atoms with E-state index in [2.05, 4.69) is 15.2 Å². The molecule has 8 heteroatoms. The smallest absolute Gasteiger partial charge is 0.293 e. The van der Waals surface area contributed by atoms with Crippen molar-refractivity contribution in [3.8, 4) is 0 Å². The molecule has 1 aliphatic heterocycles. The molecule has 2 rings (SSSR count). The summed E-state index contributed by atoms with van der Waals surface area (Å²) in [6.45, 7) is 4.55. The standard InChI is InChI=1S/C11H18N4O3S/c1-8(2)9-12-10(14-13-9)11(16)15-4-3-6-19(17,18)7-5-15/h8H,3-7H2,1-2H3,(H,12,13,14). The number of hydrogen-bond donors (Lipinski definition) is 1. The van der Waals surface area contributed by atoms with Gasteiger partial charge in [0, 0.05) is 19.0 Å². The first-order valence-electron chi connectivity index (χ1n) is 6.31. The Morgan fingerprint density at radius 2 is 2.05 bits per heavy atom. The molecule has 2 heterocycles. The molecule has 1 amide bonds. The van der Waals surface area contributed by atoms with Gasteiger partial charge in [-0.3, -0.25) is 9.89 Å². The van der Waals surface area contributed by atoms with Crippen molar-refractivity contribution in [2.24, 2.45) is 0 Å². The van der Waals surface area contributed by atoms with Crippen molar-refractivity contribution in [3.05, 3.63) is 11.6 Å². The summed E-state index contributed by atoms with van der Waals surface area (Å²) in [7, 11) is -3.02. The van der Waals surface area contributed by atoms with Crippen LogP contribution >= 0.6 is 0 Å². The van der Waals surface area contributed by atoms with Crippen LogP contribution in [0.15, 0.2) is 0 Å². The van der Waals surface area contributed by atoms with E-state index in [1.54, 1.807) is 0 Å². The van der Waals surface area contributed by atoms with Gasteiger partial charge < -0.3 is 4.90 Å². The average Bonchev–Trinajstić information content (AvgIpc) is 2.75. The van der Waals surface area contributed by atoms with Crippen LogP contribution in [0.2, 0.25) is 0 Å². The van der Waals surface area contributed by atoms with Crippen LogP contribution in [0.25, 0.3) is 0 Å². The molecule has 19 heavy (non-hydrogen) atoms. The number of H-pyrrole nitrogens is 1. The Morgan fingerprint density at radius 1 is 1.32 bits per heavy atom. The van der Waals surface area contributed by atoms with Crippen molar-refractivity contribution in [2.75, 3.05) is 24.6 Å². The van der Waals surface area contributed by atoms with E-state index in [1.807, 2.05) is 13.8 Å². The van der Waals surface area contributed by atoms with Crippen molar-refractivity contribution >= 4 is 15.7 Å². The summed E-state index contributed by atoms with van der Waals surface area (Å²) in [6, 6.07) is 0. The second kappa shape index (κ2) is 5.28. The Labute approximate surface area is 112 Å². The van der Waals surface area contributed by atoms with Gasteiger partial charge in [0.25, 0.3) is 5.91 Å². The van der Waals surface area contributed by atoms with Crippen molar-refractivity contribution < 1.29 is 13.2 Å². The number of hydrogen-bond acceptors (Lipinski definition) is 5. The summed E-state index contributed by atoms with van der Waals surface area (Å²) in [5.74, 6) is 0.787. The molecule has 1 aromatic heterocycles. The Balaban J connectivity index is 2.10. The second-order valence-corrected chi connectivity index (χ2v) is 7.30. The lowest BCUT2D eigenvalue weighted by molar-refractivity contribution is 0.0756. The molecule has 106 valence electrons. The largest absolute Gasteiger partial charge is 0.335 e. The van der Waals surface area contributed by atoms with E-state index in [4.69, 9.17) is 0 Å². The number of nitrogens with one attached hydrogen (secondary N) is 1. The molecule has 0 bridgehead atoms. The summed E-state index contributed by atoms with van der Waals surface area (Å²) < 4.78 is 23.0. The highest BCUT2D eigenvalue weighted by atomic mass is 32.2. The van der Waals surface area contributed by atoms with Gasteiger partial charge in [-0.1, -0.05) is 13.8 Å². The highest BCUT2D eigenvalue weighted by molar-refractivity contribution is 7.91. The first-order valence-corrected chi connectivity index (χ1v) is 8.13. The normalized spacial score (nSPS) is 19.4. The minimum absolute atomic E-state index is 0.0141. The van der Waals surface area contributed by atoms with Gasteiger partial charge in [0.15, 0.2) is 9.84 Å². The fraction of sp³-hybridized carbons (Fsp3) is 0.727. The third kappa shape index (κ3) is 3.31. The average molecular weight is 286 g/mol. The van der Waals surface area contributed by atoms with Crippen LogP contribution in [0, 0.1) is 0 Å². The molecule has 0 spiro atoms. The predicted molar refractivity (Wildman–Crippen MR) is 69.6 cm³/mol. The maximum atomic E-state index is 12.2. The molecule has 0 aliphatic carbocycles. The molecule has 1 fully saturated rings. The number of sulfone groups is 1. The summed E-state index contributed by atoms with van der Waals surface area (Å²) >= 11 is 0. The molecule has 1 aliphatic rings. The van der Waals surface area contributed by atoms with Crippen molar-refractivity contribution in [1.29, 1.82) is 0 Å². The number of aromatic amines is 1. The van der Waals surface area contributed by atoms with Crippen molar-refractivity contribution in [1.82, 2.24) is 20.1 Å². The van der Waals surface area contributed by atoms with E-state index in [9.17, 15) is 13.2 Å². The lowest BCUT2D eigenvalue weighted by Crippen LogP contribution is -2.34. The number of rotatable bonds is 2. The molecule has 0 aromatic carbocycles. The molecule has 1 aromatic rings. The number of aromatic nitrogens is 3. The van der Waals surface area contributed by atoms with E-state index in [1.165, 1.54) is 4.90 Å². The Morgan fingerprint density at radius 3 is 2.68 bits per heavy atom. The lowest BCUT2D eigenvalue weighted by Gasteiger charge is -2.17. The summed E-state index contributed by atoms with van der Waals surface area (Å²) in [6.07, 6.45) is 0.468. The Bertz CT molecular complexity index is 564. The third-order valence-corrected chi connectivity index (χ3v) is 4.80. The highest BCUT2D eigenvalue weighted by Gasteiger charge is 2.25. The van der Waals surface area contributed by atoms with Crippen LogP contribution in [0.3, 0.4) is 0 Å². The number of carbonyl (C=O) groups excluding carboxylic acids is 1. The molecule has 0 unspecified atom stereocenters. The molecule has 0 radical (unpaired) electrons. The fourth-order valence-electron chi connectivity index (χ4n) is 1.91. The molecular formula is C11H18N4O3S. The zero-order valence-electron chi connectivity index (χ0n) is 11.1. The lowest BCUT2D eigenvalue weighted by atomic mass is 10.2. The first-order chi connectivity index (χ1) is 8.89. The Hall–Kier alpha value is -1.44. The Kier molecular flexibility index (Phi) is 3.88.